The summed E-state index contributed by atoms with van der Waals surface area (Å²) in [6.45, 7) is 4.33. The maximum absolute atomic E-state index is 12.3. The standard InChI is InChI=1S/C16H26N4O3/c1-3-4-8-17-16(22)14-19-13(15(21)18-9-11-23-2)12-7-5-6-10-20(12)14/h3-11H2,1-2H3,(H,17,22)(H,18,21). The molecule has 0 saturated heterocycles. The van der Waals surface area contributed by atoms with Gasteiger partial charge in [-0.2, -0.15) is 0 Å². The van der Waals surface area contributed by atoms with Crippen molar-refractivity contribution in [2.45, 2.75) is 45.6 Å². The minimum atomic E-state index is -0.236. The number of methoxy groups -OCH3 is 1. The van der Waals surface area contributed by atoms with Gasteiger partial charge in [0, 0.05) is 26.7 Å². The Morgan fingerprint density at radius 1 is 1.22 bits per heavy atom. The van der Waals surface area contributed by atoms with Crippen LogP contribution in [0.1, 0.15) is 59.4 Å². The Bertz CT molecular complexity index is 507. The van der Waals surface area contributed by atoms with Gasteiger partial charge >= 0.3 is 0 Å². The van der Waals surface area contributed by atoms with Gasteiger partial charge in [0.1, 0.15) is 5.69 Å². The Kier molecular flexibility index (Phi) is 6.58. The molecule has 1 aliphatic heterocycles. The third-order valence-electron chi connectivity index (χ3n) is 3.94. The number of nitrogens with one attached hydrogen (secondary N) is 2. The molecule has 1 aromatic rings. The summed E-state index contributed by atoms with van der Waals surface area (Å²) in [6.07, 6.45) is 4.75. The molecule has 2 amide bonds. The summed E-state index contributed by atoms with van der Waals surface area (Å²) in [4.78, 5) is 29.0. The molecule has 0 aromatic carbocycles. The van der Waals surface area contributed by atoms with Gasteiger partial charge in [-0.3, -0.25) is 9.59 Å². The number of rotatable bonds is 8. The first-order valence-electron chi connectivity index (χ1n) is 8.33. The molecule has 2 heterocycles. The van der Waals surface area contributed by atoms with Gasteiger partial charge in [-0.1, -0.05) is 13.3 Å². The zero-order chi connectivity index (χ0) is 16.7. The van der Waals surface area contributed by atoms with Gasteiger partial charge < -0.3 is 19.9 Å². The van der Waals surface area contributed by atoms with Crippen LogP contribution in [0.4, 0.5) is 0 Å². The highest BCUT2D eigenvalue weighted by molar-refractivity contribution is 5.97. The van der Waals surface area contributed by atoms with E-state index in [1.807, 2.05) is 4.57 Å². The van der Waals surface area contributed by atoms with Crippen molar-refractivity contribution in [2.24, 2.45) is 0 Å². The number of unbranched alkanes of at least 4 members (excludes halogenated alkanes) is 1. The highest BCUT2D eigenvalue weighted by atomic mass is 16.5. The molecule has 128 valence electrons. The van der Waals surface area contributed by atoms with Crippen LogP contribution in [0.15, 0.2) is 0 Å². The Hall–Kier alpha value is -1.89. The molecule has 0 saturated carbocycles. The van der Waals surface area contributed by atoms with Gasteiger partial charge in [-0.05, 0) is 25.7 Å². The molecule has 23 heavy (non-hydrogen) atoms. The van der Waals surface area contributed by atoms with Crippen LogP contribution in [0, 0.1) is 0 Å². The lowest BCUT2D eigenvalue weighted by atomic mass is 10.1. The molecule has 1 aromatic heterocycles. The van der Waals surface area contributed by atoms with E-state index in [1.165, 1.54) is 0 Å². The van der Waals surface area contributed by atoms with E-state index in [0.29, 0.717) is 31.2 Å². The van der Waals surface area contributed by atoms with Crippen molar-refractivity contribution in [1.82, 2.24) is 20.2 Å². The second-order valence-electron chi connectivity index (χ2n) is 5.70. The summed E-state index contributed by atoms with van der Waals surface area (Å²) in [6, 6.07) is 0. The summed E-state index contributed by atoms with van der Waals surface area (Å²) in [5.74, 6) is -0.0782. The number of aromatic nitrogens is 2. The third-order valence-corrected chi connectivity index (χ3v) is 3.94. The topological polar surface area (TPSA) is 85.2 Å². The summed E-state index contributed by atoms with van der Waals surface area (Å²) >= 11 is 0. The van der Waals surface area contributed by atoms with Crippen LogP contribution in [-0.2, 0) is 17.7 Å². The first-order chi connectivity index (χ1) is 11.2. The summed E-state index contributed by atoms with van der Waals surface area (Å²) in [7, 11) is 1.59. The fraction of sp³-hybridized carbons (Fsp3) is 0.688. The normalized spacial score (nSPS) is 13.5. The van der Waals surface area contributed by atoms with Crippen molar-refractivity contribution in [2.75, 3.05) is 26.8 Å². The van der Waals surface area contributed by atoms with Crippen molar-refractivity contribution in [3.63, 3.8) is 0 Å². The fourth-order valence-electron chi connectivity index (χ4n) is 2.71. The molecule has 2 N–H and O–H groups in total. The second-order valence-corrected chi connectivity index (χ2v) is 5.70. The van der Waals surface area contributed by atoms with Crippen LogP contribution in [0.5, 0.6) is 0 Å². The third kappa shape index (κ3) is 4.31. The van der Waals surface area contributed by atoms with Gasteiger partial charge in [0.15, 0.2) is 5.82 Å². The average Bonchev–Trinajstić information content (AvgIpc) is 2.95. The summed E-state index contributed by atoms with van der Waals surface area (Å²) in [5.41, 5.74) is 1.24. The zero-order valence-electron chi connectivity index (χ0n) is 14.0. The van der Waals surface area contributed by atoms with Crippen LogP contribution >= 0.6 is 0 Å². The maximum atomic E-state index is 12.3. The number of nitrogens with zero attached hydrogens (tertiary/aromatic N) is 2. The minimum absolute atomic E-state index is 0.197. The van der Waals surface area contributed by atoms with E-state index in [4.69, 9.17) is 4.74 Å². The monoisotopic (exact) mass is 322 g/mol. The van der Waals surface area contributed by atoms with E-state index in [1.54, 1.807) is 7.11 Å². The average molecular weight is 322 g/mol. The Morgan fingerprint density at radius 3 is 2.74 bits per heavy atom. The number of hydrogen-bond acceptors (Lipinski definition) is 4. The fourth-order valence-corrected chi connectivity index (χ4v) is 2.71. The van der Waals surface area contributed by atoms with E-state index in [-0.39, 0.29) is 11.8 Å². The molecule has 1 aliphatic rings. The first kappa shape index (κ1) is 17.5. The van der Waals surface area contributed by atoms with Gasteiger partial charge in [0.05, 0.1) is 12.3 Å². The Labute approximate surface area is 136 Å². The van der Waals surface area contributed by atoms with Crippen LogP contribution in [-0.4, -0.2) is 48.2 Å². The molecular weight excluding hydrogens is 296 g/mol. The number of hydrogen-bond donors (Lipinski definition) is 2. The van der Waals surface area contributed by atoms with Crippen LogP contribution in [0.3, 0.4) is 0 Å². The van der Waals surface area contributed by atoms with Gasteiger partial charge in [-0.15, -0.1) is 0 Å². The maximum Gasteiger partial charge on any atom is 0.287 e. The lowest BCUT2D eigenvalue weighted by Gasteiger charge is -2.17. The minimum Gasteiger partial charge on any atom is -0.383 e. The summed E-state index contributed by atoms with van der Waals surface area (Å²) in [5, 5.41) is 5.66. The van der Waals surface area contributed by atoms with Crippen molar-refractivity contribution in [1.29, 1.82) is 0 Å². The van der Waals surface area contributed by atoms with Crippen LogP contribution in [0.25, 0.3) is 0 Å². The van der Waals surface area contributed by atoms with Gasteiger partial charge in [0.2, 0.25) is 0 Å². The smallest absolute Gasteiger partial charge is 0.287 e. The molecule has 7 nitrogen and oxygen atoms in total. The largest absolute Gasteiger partial charge is 0.383 e. The van der Waals surface area contributed by atoms with E-state index in [0.717, 1.165) is 44.3 Å². The highest BCUT2D eigenvalue weighted by Gasteiger charge is 2.27. The quantitative estimate of drug-likeness (QED) is 0.703. The number of amides is 2. The molecular formula is C16H26N4O3. The van der Waals surface area contributed by atoms with E-state index < -0.39 is 0 Å². The molecule has 0 bridgehead atoms. The van der Waals surface area contributed by atoms with E-state index in [2.05, 4.69) is 22.5 Å². The van der Waals surface area contributed by atoms with Crippen molar-refractivity contribution < 1.29 is 14.3 Å². The lowest BCUT2D eigenvalue weighted by Crippen LogP contribution is -2.28. The molecule has 7 heteroatoms. The highest BCUT2D eigenvalue weighted by Crippen LogP contribution is 2.21. The molecule has 0 aliphatic carbocycles. The number of carbonyl (C=O) groups is 2. The SMILES string of the molecule is CCCCNC(=O)c1nc(C(=O)NCCOC)c2n1CCCC2. The van der Waals surface area contributed by atoms with E-state index >= 15 is 0 Å². The number of fused-ring (bicyclic) bond motifs is 1. The first-order valence-corrected chi connectivity index (χ1v) is 8.33. The van der Waals surface area contributed by atoms with E-state index in [9.17, 15) is 9.59 Å². The second kappa shape index (κ2) is 8.67. The molecule has 0 spiro atoms. The molecule has 0 radical (unpaired) electrons. The van der Waals surface area contributed by atoms with Crippen LogP contribution < -0.4 is 10.6 Å². The predicted octanol–water partition coefficient (Wildman–Crippen LogP) is 1.13. The Balaban J connectivity index is 2.16. The molecule has 0 unspecified atom stereocenters. The van der Waals surface area contributed by atoms with Crippen molar-refractivity contribution in [3.8, 4) is 0 Å². The molecule has 0 fully saturated rings. The van der Waals surface area contributed by atoms with Crippen LogP contribution in [0.2, 0.25) is 0 Å². The summed E-state index contributed by atoms with van der Waals surface area (Å²) < 4.78 is 6.83. The molecule has 2 rings (SSSR count). The predicted molar refractivity (Wildman–Crippen MR) is 86.6 cm³/mol. The Morgan fingerprint density at radius 2 is 2.00 bits per heavy atom. The lowest BCUT2D eigenvalue weighted by molar-refractivity contribution is 0.0931. The number of imidazole rings is 1. The van der Waals surface area contributed by atoms with Crippen molar-refractivity contribution >= 4 is 11.8 Å². The van der Waals surface area contributed by atoms with Gasteiger partial charge in [0.25, 0.3) is 11.8 Å². The molecule has 0 atom stereocenters. The number of carbonyl (C=O) groups excluding carboxylic acids is 2. The number of ether oxygens (including phenoxy) is 1. The zero-order valence-corrected chi connectivity index (χ0v) is 14.0. The van der Waals surface area contributed by atoms with Crippen molar-refractivity contribution in [3.05, 3.63) is 17.2 Å². The van der Waals surface area contributed by atoms with Gasteiger partial charge in [-0.25, -0.2) is 4.98 Å².